The fraction of sp³-hybridized carbons (Fsp3) is 0.480. The van der Waals surface area contributed by atoms with Crippen LogP contribution in [0.25, 0.3) is 10.2 Å². The third-order valence-electron chi connectivity index (χ3n) is 5.91. The number of halogens is 3. The molecule has 1 saturated heterocycles. The Balaban J connectivity index is 1.09. The van der Waals surface area contributed by atoms with Crippen LogP contribution in [0, 0.1) is 6.92 Å². The smallest absolute Gasteiger partial charge is 0.416 e. The number of ether oxygens (including phenoxy) is 2. The van der Waals surface area contributed by atoms with Crippen molar-refractivity contribution in [2.75, 3.05) is 52.5 Å². The van der Waals surface area contributed by atoms with Crippen molar-refractivity contribution in [3.05, 3.63) is 53.0 Å². The molecule has 190 valence electrons. The van der Waals surface area contributed by atoms with E-state index in [1.165, 1.54) is 12.1 Å². The second-order valence-corrected chi connectivity index (χ2v) is 9.93. The minimum absolute atomic E-state index is 0.232. The number of aryl methyl sites for hydroxylation is 1. The average molecular weight is 510 g/mol. The molecule has 4 rings (SSSR count). The van der Waals surface area contributed by atoms with Crippen LogP contribution in [0.4, 0.5) is 13.2 Å². The summed E-state index contributed by atoms with van der Waals surface area (Å²) in [5, 5.41) is 11.4. The lowest BCUT2D eigenvalue weighted by Crippen LogP contribution is -2.49. The van der Waals surface area contributed by atoms with Crippen molar-refractivity contribution in [2.45, 2.75) is 25.6 Å². The number of aliphatic hydroxyl groups excluding tert-OH is 1. The summed E-state index contributed by atoms with van der Waals surface area (Å²) < 4.78 is 50.3. The highest BCUT2D eigenvalue weighted by Crippen LogP contribution is 2.30. The van der Waals surface area contributed by atoms with Gasteiger partial charge in [-0.1, -0.05) is 0 Å². The number of rotatable bonds is 10. The number of alkyl halides is 3. The Labute approximate surface area is 206 Å². The molecule has 3 aromatic rings. The number of piperazine rings is 1. The van der Waals surface area contributed by atoms with Gasteiger partial charge in [0.05, 0.1) is 27.4 Å². The Bertz CT molecular complexity index is 1080. The zero-order chi connectivity index (χ0) is 24.8. The fourth-order valence-corrected chi connectivity index (χ4v) is 4.88. The van der Waals surface area contributed by atoms with Crippen LogP contribution in [0.2, 0.25) is 0 Å². The van der Waals surface area contributed by atoms with E-state index in [1.807, 2.05) is 25.1 Å². The van der Waals surface area contributed by atoms with Crippen LogP contribution in [0.15, 0.2) is 42.5 Å². The molecule has 10 heteroatoms. The van der Waals surface area contributed by atoms with Gasteiger partial charge in [0, 0.05) is 45.3 Å². The molecule has 1 atom stereocenters. The van der Waals surface area contributed by atoms with Crippen LogP contribution in [0.5, 0.6) is 11.5 Å². The predicted octanol–water partition coefficient (Wildman–Crippen LogP) is 4.45. The number of nitrogens with zero attached hydrogens (tertiary/aromatic N) is 3. The maximum Gasteiger partial charge on any atom is 0.416 e. The summed E-state index contributed by atoms with van der Waals surface area (Å²) in [6.07, 6.45) is -4.12. The SMILES string of the molecule is Cc1nc2cc(OC[C@H](O)CN3CCN(CCCOc4ccc(C(F)(F)F)cc4)CC3)ccc2s1. The number of thiazole rings is 1. The molecule has 0 amide bonds. The van der Waals surface area contributed by atoms with Gasteiger partial charge in [-0.05, 0) is 49.7 Å². The van der Waals surface area contributed by atoms with E-state index in [0.29, 0.717) is 24.7 Å². The van der Waals surface area contributed by atoms with E-state index in [1.54, 1.807) is 11.3 Å². The summed E-state index contributed by atoms with van der Waals surface area (Å²) >= 11 is 1.65. The van der Waals surface area contributed by atoms with E-state index < -0.39 is 17.8 Å². The first-order chi connectivity index (χ1) is 16.8. The highest BCUT2D eigenvalue weighted by atomic mass is 32.1. The summed E-state index contributed by atoms with van der Waals surface area (Å²) in [7, 11) is 0. The lowest BCUT2D eigenvalue weighted by atomic mass is 10.2. The van der Waals surface area contributed by atoms with Gasteiger partial charge in [0.25, 0.3) is 0 Å². The molecule has 2 aromatic carbocycles. The van der Waals surface area contributed by atoms with Gasteiger partial charge < -0.3 is 19.5 Å². The molecule has 0 spiro atoms. The van der Waals surface area contributed by atoms with Gasteiger partial charge in [-0.3, -0.25) is 4.90 Å². The van der Waals surface area contributed by atoms with E-state index in [9.17, 15) is 18.3 Å². The van der Waals surface area contributed by atoms with Crippen molar-refractivity contribution >= 4 is 21.6 Å². The Morgan fingerprint density at radius 3 is 2.40 bits per heavy atom. The fourth-order valence-electron chi connectivity index (χ4n) is 4.07. The van der Waals surface area contributed by atoms with Gasteiger partial charge in [0.2, 0.25) is 0 Å². The molecule has 1 aromatic heterocycles. The maximum atomic E-state index is 12.6. The predicted molar refractivity (Wildman–Crippen MR) is 130 cm³/mol. The maximum absolute atomic E-state index is 12.6. The molecule has 1 aliphatic rings. The topological polar surface area (TPSA) is 58.1 Å². The van der Waals surface area contributed by atoms with Crippen molar-refractivity contribution in [1.29, 1.82) is 0 Å². The van der Waals surface area contributed by atoms with Crippen molar-refractivity contribution in [2.24, 2.45) is 0 Å². The normalized spacial score (nSPS) is 16.5. The third kappa shape index (κ3) is 7.54. The van der Waals surface area contributed by atoms with Crippen molar-refractivity contribution in [3.63, 3.8) is 0 Å². The molecule has 0 bridgehead atoms. The highest BCUT2D eigenvalue weighted by Gasteiger charge is 2.30. The number of benzene rings is 2. The molecule has 6 nitrogen and oxygen atoms in total. The van der Waals surface area contributed by atoms with E-state index in [-0.39, 0.29) is 6.61 Å². The minimum atomic E-state index is -4.33. The molecule has 0 saturated carbocycles. The number of fused-ring (bicyclic) bond motifs is 1. The summed E-state index contributed by atoms with van der Waals surface area (Å²) in [6.45, 7) is 7.60. The second-order valence-electron chi connectivity index (χ2n) is 8.69. The largest absolute Gasteiger partial charge is 0.494 e. The number of β-amino-alcohol motifs (C(OH)–C–C–N with tert-alkyl or cyclic N) is 1. The minimum Gasteiger partial charge on any atom is -0.494 e. The van der Waals surface area contributed by atoms with E-state index in [0.717, 1.165) is 66.5 Å². The highest BCUT2D eigenvalue weighted by molar-refractivity contribution is 7.18. The van der Waals surface area contributed by atoms with Crippen LogP contribution in [0.1, 0.15) is 17.0 Å². The quantitative estimate of drug-likeness (QED) is 0.408. The van der Waals surface area contributed by atoms with Crippen LogP contribution in [0.3, 0.4) is 0 Å². The van der Waals surface area contributed by atoms with E-state index in [4.69, 9.17) is 9.47 Å². The van der Waals surface area contributed by atoms with Crippen molar-refractivity contribution in [1.82, 2.24) is 14.8 Å². The van der Waals surface area contributed by atoms with Crippen LogP contribution in [-0.4, -0.2) is 78.5 Å². The first kappa shape index (κ1) is 25.7. The van der Waals surface area contributed by atoms with Crippen LogP contribution in [-0.2, 0) is 6.18 Å². The van der Waals surface area contributed by atoms with Crippen LogP contribution < -0.4 is 9.47 Å². The summed E-state index contributed by atoms with van der Waals surface area (Å²) in [5.74, 6) is 1.16. The number of aliphatic hydroxyl groups is 1. The Kier molecular flexibility index (Phi) is 8.48. The van der Waals surface area contributed by atoms with Gasteiger partial charge in [-0.15, -0.1) is 11.3 Å². The van der Waals surface area contributed by atoms with Gasteiger partial charge in [0.1, 0.15) is 24.2 Å². The summed E-state index contributed by atoms with van der Waals surface area (Å²) in [4.78, 5) is 9.04. The van der Waals surface area contributed by atoms with Crippen molar-refractivity contribution < 1.29 is 27.8 Å². The standard InChI is InChI=1S/C25H30F3N3O3S/c1-18-29-23-15-22(7-8-24(23)35-18)34-17-20(32)16-31-12-10-30(11-13-31)9-2-14-33-21-5-3-19(4-6-21)25(26,27)28/h3-8,15,20,32H,2,9-14,16-17H2,1H3/t20-/m1/s1. The van der Waals surface area contributed by atoms with Gasteiger partial charge >= 0.3 is 6.18 Å². The van der Waals surface area contributed by atoms with Gasteiger partial charge in [-0.25, -0.2) is 4.98 Å². The molecule has 2 heterocycles. The molecule has 1 aliphatic heterocycles. The van der Waals surface area contributed by atoms with E-state index >= 15 is 0 Å². The monoisotopic (exact) mass is 509 g/mol. The number of hydrogen-bond donors (Lipinski definition) is 1. The zero-order valence-electron chi connectivity index (χ0n) is 19.6. The lowest BCUT2D eigenvalue weighted by molar-refractivity contribution is -0.137. The second kappa shape index (κ2) is 11.6. The third-order valence-corrected chi connectivity index (χ3v) is 6.86. The summed E-state index contributed by atoms with van der Waals surface area (Å²) in [5.41, 5.74) is 0.243. The Morgan fingerprint density at radius 2 is 1.69 bits per heavy atom. The zero-order valence-corrected chi connectivity index (χ0v) is 20.4. The molecule has 1 fully saturated rings. The van der Waals surface area contributed by atoms with Gasteiger partial charge in [-0.2, -0.15) is 13.2 Å². The average Bonchev–Trinajstić information content (AvgIpc) is 3.20. The van der Waals surface area contributed by atoms with Gasteiger partial charge in [0.15, 0.2) is 0 Å². The number of aromatic nitrogens is 1. The first-order valence-corrected chi connectivity index (χ1v) is 12.5. The first-order valence-electron chi connectivity index (χ1n) is 11.7. The molecule has 0 radical (unpaired) electrons. The molecule has 0 unspecified atom stereocenters. The lowest BCUT2D eigenvalue weighted by Gasteiger charge is -2.35. The van der Waals surface area contributed by atoms with Crippen LogP contribution >= 0.6 is 11.3 Å². The van der Waals surface area contributed by atoms with Crippen molar-refractivity contribution in [3.8, 4) is 11.5 Å². The Morgan fingerprint density at radius 1 is 1.00 bits per heavy atom. The molecule has 35 heavy (non-hydrogen) atoms. The Hall–Kier alpha value is -2.40. The molecular formula is C25H30F3N3O3S. The summed E-state index contributed by atoms with van der Waals surface area (Å²) in [6, 6.07) is 10.6. The molecule has 1 N–H and O–H groups in total. The van der Waals surface area contributed by atoms with E-state index in [2.05, 4.69) is 14.8 Å². The number of hydrogen-bond acceptors (Lipinski definition) is 7. The molecular weight excluding hydrogens is 479 g/mol. The molecule has 0 aliphatic carbocycles.